The number of likely N-dealkylation sites (tertiary alicyclic amines) is 1. The maximum absolute atomic E-state index is 12.5. The van der Waals surface area contributed by atoms with Gasteiger partial charge in [-0.3, -0.25) is 4.79 Å². The quantitative estimate of drug-likeness (QED) is 0.230. The molecule has 2 aromatic carbocycles. The molecule has 4 aromatic rings. The average molecular weight is 589 g/mol. The Morgan fingerprint density at radius 2 is 2.00 bits per heavy atom. The first-order valence-electron chi connectivity index (χ1n) is 15.3. The van der Waals surface area contributed by atoms with E-state index >= 15 is 0 Å². The lowest BCUT2D eigenvalue weighted by Gasteiger charge is -2.32. The molecule has 5 heterocycles. The molecule has 10 heteroatoms. The van der Waals surface area contributed by atoms with Crippen molar-refractivity contribution >= 4 is 22.4 Å². The molecule has 3 aliphatic rings. The second kappa shape index (κ2) is 11.4. The molecule has 0 saturated carbocycles. The number of hydrogen-bond acceptors (Lipinski definition) is 7. The fourth-order valence-electron chi connectivity index (χ4n) is 6.98. The predicted octanol–water partition coefficient (Wildman–Crippen LogP) is 4.65. The van der Waals surface area contributed by atoms with Gasteiger partial charge in [0.1, 0.15) is 12.6 Å². The molecule has 3 aliphatic heterocycles. The van der Waals surface area contributed by atoms with Gasteiger partial charge in [0.05, 0.1) is 24.5 Å². The highest BCUT2D eigenvalue weighted by Gasteiger charge is 2.38. The first kappa shape index (κ1) is 28.0. The monoisotopic (exact) mass is 588 g/mol. The summed E-state index contributed by atoms with van der Waals surface area (Å²) in [6, 6.07) is 13.2. The van der Waals surface area contributed by atoms with Crippen LogP contribution in [0.15, 0.2) is 55.3 Å². The van der Waals surface area contributed by atoms with Gasteiger partial charge < -0.3 is 24.3 Å². The van der Waals surface area contributed by atoms with Gasteiger partial charge in [-0.15, -0.1) is 0 Å². The number of nitrogens with zero attached hydrogens (tertiary/aromatic N) is 8. The van der Waals surface area contributed by atoms with Gasteiger partial charge in [0.15, 0.2) is 5.82 Å². The van der Waals surface area contributed by atoms with E-state index < -0.39 is 0 Å². The third-order valence-corrected chi connectivity index (χ3v) is 9.35. The third kappa shape index (κ3) is 4.87. The minimum Gasteiger partial charge on any atom is -0.462 e. The Labute approximate surface area is 257 Å². The number of anilines is 1. The van der Waals surface area contributed by atoms with E-state index in [-0.39, 0.29) is 18.5 Å². The number of hydrogen-bond donors (Lipinski definition) is 0. The van der Waals surface area contributed by atoms with Crippen LogP contribution in [-0.4, -0.2) is 74.8 Å². The Morgan fingerprint density at radius 3 is 2.77 bits per heavy atom. The number of carbonyl (C=O) groups is 1. The topological polar surface area (TPSA) is 84.0 Å². The van der Waals surface area contributed by atoms with Crippen molar-refractivity contribution in [2.24, 2.45) is 0 Å². The van der Waals surface area contributed by atoms with E-state index in [0.29, 0.717) is 37.6 Å². The predicted molar refractivity (Wildman–Crippen MR) is 169 cm³/mol. The van der Waals surface area contributed by atoms with E-state index in [4.69, 9.17) is 26.4 Å². The minimum atomic E-state index is -0.363. The minimum absolute atomic E-state index is 0.169. The van der Waals surface area contributed by atoms with E-state index in [1.54, 1.807) is 4.90 Å². The van der Waals surface area contributed by atoms with Gasteiger partial charge in [-0.05, 0) is 62.9 Å². The number of benzene rings is 2. The van der Waals surface area contributed by atoms with E-state index in [1.807, 2.05) is 10.9 Å². The van der Waals surface area contributed by atoms with E-state index in [0.717, 1.165) is 54.9 Å². The maximum Gasteiger partial charge on any atom is 0.318 e. The van der Waals surface area contributed by atoms with Crippen molar-refractivity contribution in [2.75, 3.05) is 38.2 Å². The highest BCUT2D eigenvalue weighted by atomic mass is 16.5. The van der Waals surface area contributed by atoms with Crippen LogP contribution in [0.2, 0.25) is 0 Å². The van der Waals surface area contributed by atoms with Crippen LogP contribution in [-0.2, 0) is 24.3 Å². The normalized spacial score (nSPS) is 19.6. The summed E-state index contributed by atoms with van der Waals surface area (Å²) in [5, 5.41) is 7.40. The summed E-state index contributed by atoms with van der Waals surface area (Å²) in [6.45, 7) is 16.8. The van der Waals surface area contributed by atoms with Crippen LogP contribution < -0.4 is 9.64 Å². The smallest absolute Gasteiger partial charge is 0.318 e. The van der Waals surface area contributed by atoms with Gasteiger partial charge in [-0.25, -0.2) is 11.3 Å². The van der Waals surface area contributed by atoms with Crippen molar-refractivity contribution in [3.05, 3.63) is 94.7 Å². The standard InChI is InChI=1S/C34H36N8O2/c1-5-31(43)41-20-28-26(30(41)17-35-3)18-42(38-28)33-25-14-16-40(29-13-7-11-23-10-6-9-22(2)32(23)29)19-27(25)36-34(37-33)44-21-24-12-8-15-39(24)4/h5-7,9-11,13,18,24,30H,1,8,12,14-17,19-21H2,2,4H3/t24-,30-/m0/s1. The summed E-state index contributed by atoms with van der Waals surface area (Å²) < 4.78 is 8.10. The lowest BCUT2D eigenvalue weighted by molar-refractivity contribution is -0.128. The SMILES string of the molecule is [C-]#[N+]C[C@H]1c2cn(-c3nc(OC[C@@H]4CCCN4C)nc4c3CCN(c3cccc5cccc(C)c35)C4)nc2CN1C(=O)C=C. The molecule has 224 valence electrons. The molecule has 7 rings (SSSR count). The molecule has 1 saturated heterocycles. The molecule has 10 nitrogen and oxygen atoms in total. The number of fused-ring (bicyclic) bond motifs is 3. The maximum atomic E-state index is 12.5. The Morgan fingerprint density at radius 1 is 1.16 bits per heavy atom. The summed E-state index contributed by atoms with van der Waals surface area (Å²) >= 11 is 0. The van der Waals surface area contributed by atoms with Gasteiger partial charge in [0.2, 0.25) is 12.5 Å². The molecule has 0 radical (unpaired) electrons. The Bertz CT molecular complexity index is 1800. The zero-order valence-electron chi connectivity index (χ0n) is 25.2. The van der Waals surface area contributed by atoms with Gasteiger partial charge in [0.25, 0.3) is 0 Å². The molecule has 0 bridgehead atoms. The van der Waals surface area contributed by atoms with E-state index in [2.05, 4.69) is 71.6 Å². The van der Waals surface area contributed by atoms with Crippen LogP contribution in [0, 0.1) is 13.5 Å². The summed E-state index contributed by atoms with van der Waals surface area (Å²) in [6.07, 6.45) is 6.23. The van der Waals surface area contributed by atoms with Crippen LogP contribution in [0.25, 0.3) is 21.4 Å². The zero-order chi connectivity index (χ0) is 30.4. The van der Waals surface area contributed by atoms with Gasteiger partial charge >= 0.3 is 6.01 Å². The fraction of sp³-hybridized carbons (Fsp3) is 0.382. The van der Waals surface area contributed by atoms with Crippen LogP contribution in [0.4, 0.5) is 5.69 Å². The zero-order valence-corrected chi connectivity index (χ0v) is 25.2. The Balaban J connectivity index is 1.27. The molecule has 1 amide bonds. The molecule has 0 spiro atoms. The molecule has 0 N–H and O–H groups in total. The van der Waals surface area contributed by atoms with Crippen molar-refractivity contribution in [3.8, 4) is 11.8 Å². The van der Waals surface area contributed by atoms with Crippen molar-refractivity contribution in [3.63, 3.8) is 0 Å². The fourth-order valence-corrected chi connectivity index (χ4v) is 6.98. The third-order valence-electron chi connectivity index (χ3n) is 9.35. The van der Waals surface area contributed by atoms with Gasteiger partial charge in [-0.2, -0.15) is 15.1 Å². The summed E-state index contributed by atoms with van der Waals surface area (Å²) in [4.78, 5) is 32.5. The largest absolute Gasteiger partial charge is 0.462 e. The van der Waals surface area contributed by atoms with E-state index in [1.165, 1.54) is 28.1 Å². The van der Waals surface area contributed by atoms with E-state index in [9.17, 15) is 4.79 Å². The number of ether oxygens (including phenoxy) is 1. The van der Waals surface area contributed by atoms with Crippen LogP contribution >= 0.6 is 0 Å². The summed E-state index contributed by atoms with van der Waals surface area (Å²) in [7, 11) is 2.13. The second-order valence-electron chi connectivity index (χ2n) is 12.0. The lowest BCUT2D eigenvalue weighted by atomic mass is 10.00. The van der Waals surface area contributed by atoms with Crippen LogP contribution in [0.5, 0.6) is 6.01 Å². The summed E-state index contributed by atoms with van der Waals surface area (Å²) in [5.41, 5.74) is 6.08. The van der Waals surface area contributed by atoms with Gasteiger partial charge in [0, 0.05) is 41.0 Å². The summed E-state index contributed by atoms with van der Waals surface area (Å²) in [5.74, 6) is 0.509. The molecule has 44 heavy (non-hydrogen) atoms. The number of aromatic nitrogens is 4. The van der Waals surface area contributed by atoms with Crippen LogP contribution in [0.1, 0.15) is 47.0 Å². The highest BCUT2D eigenvalue weighted by Crippen LogP contribution is 2.37. The number of rotatable bonds is 7. The molecular formula is C34H36N8O2. The number of amides is 1. The Kier molecular flexibility index (Phi) is 7.26. The van der Waals surface area contributed by atoms with Crippen molar-refractivity contribution in [1.29, 1.82) is 0 Å². The second-order valence-corrected chi connectivity index (χ2v) is 12.0. The number of carbonyl (C=O) groups excluding carboxylic acids is 1. The molecule has 1 fully saturated rings. The number of aryl methyl sites for hydroxylation is 1. The molecule has 2 aromatic heterocycles. The molecule has 0 aliphatic carbocycles. The van der Waals surface area contributed by atoms with Crippen LogP contribution in [0.3, 0.4) is 0 Å². The Hall–Kier alpha value is -4.75. The van der Waals surface area contributed by atoms with Crippen molar-refractivity contribution in [1.82, 2.24) is 29.5 Å². The van der Waals surface area contributed by atoms with Gasteiger partial charge in [-0.1, -0.05) is 36.9 Å². The molecule has 0 unspecified atom stereocenters. The first-order valence-corrected chi connectivity index (χ1v) is 15.3. The lowest BCUT2D eigenvalue weighted by Crippen LogP contribution is -2.33. The highest BCUT2D eigenvalue weighted by molar-refractivity contribution is 5.97. The van der Waals surface area contributed by atoms with Crippen molar-refractivity contribution in [2.45, 2.75) is 51.4 Å². The van der Waals surface area contributed by atoms with Crippen molar-refractivity contribution < 1.29 is 9.53 Å². The molecule has 2 atom stereocenters. The first-order chi connectivity index (χ1) is 21.4. The molecular weight excluding hydrogens is 552 g/mol. The average Bonchev–Trinajstić information content (AvgIpc) is 3.74. The number of likely N-dealkylation sites (N-methyl/N-ethyl adjacent to an activating group) is 1.